The number of aliphatic hydroxyl groups is 1. The summed E-state index contributed by atoms with van der Waals surface area (Å²) < 4.78 is 16.4. The molecule has 0 radical (unpaired) electrons. The first-order valence-corrected chi connectivity index (χ1v) is 24.6. The molecular formula is C50H84N8O13. The van der Waals surface area contributed by atoms with E-state index in [0.29, 0.717) is 62.7 Å². The Morgan fingerprint density at radius 1 is 0.549 bits per heavy atom. The summed E-state index contributed by atoms with van der Waals surface area (Å²) in [5.41, 5.74) is 3.80. The van der Waals surface area contributed by atoms with Gasteiger partial charge in [0.1, 0.15) is 41.0 Å². The monoisotopic (exact) mass is 1000 g/mol. The van der Waals surface area contributed by atoms with Gasteiger partial charge in [0, 0.05) is 38.0 Å². The van der Waals surface area contributed by atoms with Crippen molar-refractivity contribution in [2.45, 2.75) is 207 Å². The van der Waals surface area contributed by atoms with E-state index in [1.54, 1.807) is 100 Å². The zero-order chi connectivity index (χ0) is 54.0. The zero-order valence-corrected chi connectivity index (χ0v) is 43.9. The number of aliphatic hydroxyl groups excluding tert-OH is 1. The molecule has 0 saturated heterocycles. The molecule has 10 N–H and O–H groups in total. The Morgan fingerprint density at radius 3 is 1.56 bits per heavy atom. The summed E-state index contributed by atoms with van der Waals surface area (Å²) in [6.07, 6.45) is 4.14. The third-order valence-corrected chi connectivity index (χ3v) is 10.1. The number of ether oxygens (including phenoxy) is 3. The van der Waals surface area contributed by atoms with E-state index in [-0.39, 0.29) is 69.4 Å². The molecule has 1 aromatic carbocycles. The molecule has 0 spiro atoms. The summed E-state index contributed by atoms with van der Waals surface area (Å²) in [5.74, 6) is -3.84. The molecule has 1 rings (SSSR count). The second kappa shape index (κ2) is 31.4. The normalized spacial score (nSPS) is 13.3. The van der Waals surface area contributed by atoms with Crippen molar-refractivity contribution in [1.82, 2.24) is 31.9 Å². The number of unbranched alkanes of at least 4 members (excludes halogenated alkanes) is 4. The van der Waals surface area contributed by atoms with Crippen LogP contribution in [0.2, 0.25) is 0 Å². The number of amides is 8. The number of urea groups is 2. The van der Waals surface area contributed by atoms with Crippen molar-refractivity contribution >= 4 is 59.3 Å². The van der Waals surface area contributed by atoms with E-state index >= 15 is 0 Å². The van der Waals surface area contributed by atoms with E-state index in [0.717, 1.165) is 0 Å². The van der Waals surface area contributed by atoms with Gasteiger partial charge in [-0.3, -0.25) is 24.0 Å². The maximum absolute atomic E-state index is 13.5. The van der Waals surface area contributed by atoms with Gasteiger partial charge in [0.15, 0.2) is 0 Å². The molecule has 402 valence electrons. The summed E-state index contributed by atoms with van der Waals surface area (Å²) in [4.78, 5) is 115. The predicted octanol–water partition coefficient (Wildman–Crippen LogP) is 4.66. The van der Waals surface area contributed by atoms with Crippen LogP contribution in [0.4, 0.5) is 15.3 Å². The lowest BCUT2D eigenvalue weighted by molar-refractivity contribution is -0.159. The van der Waals surface area contributed by atoms with Gasteiger partial charge in [0.05, 0.1) is 6.61 Å². The number of benzene rings is 1. The summed E-state index contributed by atoms with van der Waals surface area (Å²) in [6.45, 7) is 19.1. The van der Waals surface area contributed by atoms with Gasteiger partial charge < -0.3 is 62.3 Å². The molecule has 0 heterocycles. The zero-order valence-electron chi connectivity index (χ0n) is 43.9. The minimum atomic E-state index is -1.22. The summed E-state index contributed by atoms with van der Waals surface area (Å²) in [5, 5.41) is 28.1. The average molecular weight is 1010 g/mol. The third-order valence-electron chi connectivity index (χ3n) is 10.1. The molecule has 21 nitrogen and oxygen atoms in total. The fourth-order valence-electron chi connectivity index (χ4n) is 6.72. The fourth-order valence-corrected chi connectivity index (χ4v) is 6.72. The summed E-state index contributed by atoms with van der Waals surface area (Å²) >= 11 is 0. The molecule has 0 aliphatic rings. The van der Waals surface area contributed by atoms with Crippen LogP contribution < -0.4 is 43.0 Å². The molecule has 0 aliphatic carbocycles. The van der Waals surface area contributed by atoms with Gasteiger partial charge in [0.2, 0.25) is 23.6 Å². The quantitative estimate of drug-likeness (QED) is 0.0288. The van der Waals surface area contributed by atoms with Gasteiger partial charge in [-0.05, 0) is 137 Å². The first-order chi connectivity index (χ1) is 33.0. The highest BCUT2D eigenvalue weighted by Crippen LogP contribution is 2.17. The first kappa shape index (κ1) is 63.0. The van der Waals surface area contributed by atoms with E-state index in [4.69, 9.17) is 19.9 Å². The Balaban J connectivity index is 2.64. The number of nitrogens with two attached hydrogens (primary N) is 1. The highest BCUT2D eigenvalue weighted by atomic mass is 16.6. The summed E-state index contributed by atoms with van der Waals surface area (Å²) in [7, 11) is 0. The van der Waals surface area contributed by atoms with E-state index in [1.807, 2.05) is 0 Å². The Kier molecular flexibility index (Phi) is 27.8. The van der Waals surface area contributed by atoms with Crippen molar-refractivity contribution < 1.29 is 62.5 Å². The SMILES string of the molecule is CC(C)[C@H](NC(=O)CCCCCCC(=O)NCCCC[C@H](NC(=O)N[C@@H](CCC(=O)OC(C)(C)C)C(=O)OC(C)(C)C)C(=O)OC(C)(C)C)C(=O)N[C@@H](CCCNC(N)=O)C(=O)Nc1ccc(CO)cc1. The molecule has 71 heavy (non-hydrogen) atoms. The minimum Gasteiger partial charge on any atom is -0.460 e. The minimum absolute atomic E-state index is 0.105. The molecule has 0 aromatic heterocycles. The van der Waals surface area contributed by atoms with E-state index in [1.165, 1.54) is 0 Å². The van der Waals surface area contributed by atoms with Crippen LogP contribution in [0.15, 0.2) is 24.3 Å². The molecule has 0 aliphatic heterocycles. The van der Waals surface area contributed by atoms with Crippen LogP contribution in [0, 0.1) is 5.92 Å². The van der Waals surface area contributed by atoms with Crippen molar-refractivity contribution in [3.05, 3.63) is 29.8 Å². The van der Waals surface area contributed by atoms with E-state index < -0.39 is 82.8 Å². The van der Waals surface area contributed by atoms with E-state index in [9.17, 15) is 48.3 Å². The Hall–Kier alpha value is -5.99. The second-order valence-electron chi connectivity index (χ2n) is 20.8. The van der Waals surface area contributed by atoms with Crippen LogP contribution in [0.5, 0.6) is 0 Å². The Morgan fingerprint density at radius 2 is 1.06 bits per heavy atom. The molecule has 0 fully saturated rings. The Labute approximate surface area is 419 Å². The molecule has 1 aromatic rings. The van der Waals surface area contributed by atoms with Crippen molar-refractivity contribution in [3.8, 4) is 0 Å². The number of anilines is 1. The maximum atomic E-state index is 13.5. The van der Waals surface area contributed by atoms with Gasteiger partial charge in [-0.1, -0.05) is 38.8 Å². The van der Waals surface area contributed by atoms with Crippen molar-refractivity contribution in [2.24, 2.45) is 11.7 Å². The van der Waals surface area contributed by atoms with Crippen LogP contribution in [-0.4, -0.2) is 113 Å². The molecule has 0 saturated carbocycles. The number of esters is 3. The number of hydrogen-bond acceptors (Lipinski definition) is 13. The van der Waals surface area contributed by atoms with Gasteiger partial charge in [-0.25, -0.2) is 19.2 Å². The van der Waals surface area contributed by atoms with Crippen LogP contribution in [0.3, 0.4) is 0 Å². The third kappa shape index (κ3) is 30.4. The van der Waals surface area contributed by atoms with Crippen molar-refractivity contribution in [2.75, 3.05) is 18.4 Å². The van der Waals surface area contributed by atoms with Gasteiger partial charge in [-0.15, -0.1) is 0 Å². The molecule has 21 heteroatoms. The second-order valence-corrected chi connectivity index (χ2v) is 20.8. The lowest BCUT2D eigenvalue weighted by atomic mass is 10.0. The topological polar surface area (TPSA) is 312 Å². The number of rotatable bonds is 30. The number of nitrogens with one attached hydrogen (secondary N) is 7. The molecule has 0 unspecified atom stereocenters. The molecule has 0 bridgehead atoms. The van der Waals surface area contributed by atoms with Crippen molar-refractivity contribution in [3.63, 3.8) is 0 Å². The number of hydrogen-bond donors (Lipinski definition) is 9. The Bertz CT molecular complexity index is 1890. The maximum Gasteiger partial charge on any atom is 0.329 e. The fraction of sp³-hybridized carbons (Fsp3) is 0.700. The van der Waals surface area contributed by atoms with Gasteiger partial charge in [-0.2, -0.15) is 0 Å². The van der Waals surface area contributed by atoms with Crippen molar-refractivity contribution in [1.29, 1.82) is 0 Å². The first-order valence-electron chi connectivity index (χ1n) is 24.6. The van der Waals surface area contributed by atoms with Gasteiger partial charge in [0.25, 0.3) is 0 Å². The summed E-state index contributed by atoms with van der Waals surface area (Å²) in [6, 6.07) is 0.769. The highest BCUT2D eigenvalue weighted by molar-refractivity contribution is 5.98. The molecular weight excluding hydrogens is 921 g/mol. The molecule has 4 atom stereocenters. The van der Waals surface area contributed by atoms with Crippen LogP contribution in [0.1, 0.15) is 165 Å². The lowest BCUT2D eigenvalue weighted by Gasteiger charge is -2.27. The van der Waals surface area contributed by atoms with Crippen LogP contribution >= 0.6 is 0 Å². The highest BCUT2D eigenvalue weighted by Gasteiger charge is 2.32. The largest absolute Gasteiger partial charge is 0.460 e. The smallest absolute Gasteiger partial charge is 0.329 e. The predicted molar refractivity (Wildman–Crippen MR) is 267 cm³/mol. The van der Waals surface area contributed by atoms with Gasteiger partial charge >= 0.3 is 30.0 Å². The standard InChI is InChI=1S/C50H84N8O13/c1-32(2)41(43(64)55-35(20-18-30-53-46(51)67)42(63)54-34-25-23-33(31-59)24-26-34)58-39(61)22-15-13-12-14-21-38(60)52-29-17-16-19-36(44(65)70-49(6,7)8)56-47(68)57-37(45(66)71-50(9,10)11)27-28-40(62)69-48(3,4)5/h23-26,32,35-37,41,59H,12-22,27-31H2,1-11H3,(H,52,60)(H,54,63)(H,55,64)(H,58,61)(H3,51,53,67)(H2,56,57,68)/t35-,36-,37-,41-/m0/s1. The number of primary amides is 1. The lowest BCUT2D eigenvalue weighted by Crippen LogP contribution is -2.54. The average Bonchev–Trinajstić information content (AvgIpc) is 3.24. The van der Waals surface area contributed by atoms with E-state index in [2.05, 4.69) is 37.2 Å². The van der Waals surface area contributed by atoms with Crippen LogP contribution in [-0.2, 0) is 54.4 Å². The number of carbonyl (C=O) groups excluding carboxylic acids is 9. The van der Waals surface area contributed by atoms with Crippen LogP contribution in [0.25, 0.3) is 0 Å². The number of carbonyl (C=O) groups is 9. The molecule has 8 amide bonds.